The first kappa shape index (κ1) is 63.1. The summed E-state index contributed by atoms with van der Waals surface area (Å²) in [5.74, 6) is -0.956. The van der Waals surface area contributed by atoms with E-state index in [4.69, 9.17) is 14.2 Å². The lowest BCUT2D eigenvalue weighted by atomic mass is 10.0. The Morgan fingerprint density at radius 3 is 0.924 bits per heavy atom. The molecular weight excluding hydrogens is 817 g/mol. The van der Waals surface area contributed by atoms with E-state index in [1.165, 1.54) is 186 Å². The molecule has 0 aromatic rings. The predicted molar refractivity (Wildman–Crippen MR) is 284 cm³/mol. The van der Waals surface area contributed by atoms with E-state index < -0.39 is 6.10 Å². The normalized spacial score (nSPS) is 12.5. The molecule has 0 amide bonds. The minimum Gasteiger partial charge on any atom is -0.462 e. The summed E-state index contributed by atoms with van der Waals surface area (Å²) in [6, 6.07) is 0. The summed E-state index contributed by atoms with van der Waals surface area (Å²) in [4.78, 5) is 38.1. The smallest absolute Gasteiger partial charge is 0.306 e. The van der Waals surface area contributed by atoms with Gasteiger partial charge in [-0.25, -0.2) is 0 Å². The van der Waals surface area contributed by atoms with Crippen molar-refractivity contribution in [3.63, 3.8) is 0 Å². The highest BCUT2D eigenvalue weighted by Gasteiger charge is 2.19. The van der Waals surface area contributed by atoms with Crippen LogP contribution in [-0.4, -0.2) is 37.2 Å². The minimum absolute atomic E-state index is 0.0926. The van der Waals surface area contributed by atoms with E-state index in [1.807, 2.05) is 54.7 Å². The van der Waals surface area contributed by atoms with E-state index in [0.717, 1.165) is 51.4 Å². The molecule has 6 heteroatoms. The molecule has 0 radical (unpaired) electrons. The van der Waals surface area contributed by atoms with E-state index in [-0.39, 0.29) is 37.5 Å². The Bertz CT molecular complexity index is 1200. The second-order valence-electron chi connectivity index (χ2n) is 19.0. The lowest BCUT2D eigenvalue weighted by Gasteiger charge is -2.18. The van der Waals surface area contributed by atoms with E-state index in [9.17, 15) is 14.4 Å². The van der Waals surface area contributed by atoms with Gasteiger partial charge < -0.3 is 14.2 Å². The molecular formula is C60H106O6. The molecule has 6 nitrogen and oxygen atoms in total. The fourth-order valence-corrected chi connectivity index (χ4v) is 8.18. The maximum absolute atomic E-state index is 12.8. The SMILES string of the molecule is CC\C=C/C=C\C=C/C=C\C=C/CCCC(=O)OCC(COC(=O)CCCCCCCCCCCCCCCCCCCC)OC(=O)CCCCCCCCCCCCCCCCCCC. The summed E-state index contributed by atoms with van der Waals surface area (Å²) in [6.45, 7) is 6.47. The number of ether oxygens (including phenoxy) is 3. The summed E-state index contributed by atoms with van der Waals surface area (Å²) in [5, 5.41) is 0. The molecule has 0 fully saturated rings. The molecule has 0 aromatic carbocycles. The van der Waals surface area contributed by atoms with Gasteiger partial charge in [0.2, 0.25) is 0 Å². The third kappa shape index (κ3) is 52.1. The first-order chi connectivity index (χ1) is 32.5. The second kappa shape index (κ2) is 54.7. The number of hydrogen-bond acceptors (Lipinski definition) is 6. The largest absolute Gasteiger partial charge is 0.462 e. The molecule has 0 aliphatic heterocycles. The van der Waals surface area contributed by atoms with Crippen LogP contribution in [0.3, 0.4) is 0 Å². The summed E-state index contributed by atoms with van der Waals surface area (Å²) in [6.07, 6.45) is 68.0. The first-order valence-corrected chi connectivity index (χ1v) is 28.4. The molecule has 0 bridgehead atoms. The maximum atomic E-state index is 12.8. The highest BCUT2D eigenvalue weighted by Crippen LogP contribution is 2.17. The van der Waals surface area contributed by atoms with Gasteiger partial charge in [-0.3, -0.25) is 14.4 Å². The number of allylic oxidation sites excluding steroid dienone is 10. The van der Waals surface area contributed by atoms with Crippen molar-refractivity contribution in [2.75, 3.05) is 13.2 Å². The zero-order chi connectivity index (χ0) is 47.9. The summed E-state index contributed by atoms with van der Waals surface area (Å²) < 4.78 is 16.8. The average Bonchev–Trinajstić information content (AvgIpc) is 3.31. The molecule has 0 aliphatic rings. The molecule has 0 spiro atoms. The van der Waals surface area contributed by atoms with Crippen LogP contribution in [0.4, 0.5) is 0 Å². The van der Waals surface area contributed by atoms with Gasteiger partial charge in [0.05, 0.1) is 0 Å². The molecule has 0 aromatic heterocycles. The highest BCUT2D eigenvalue weighted by atomic mass is 16.6. The van der Waals surface area contributed by atoms with Crippen molar-refractivity contribution in [1.82, 2.24) is 0 Å². The van der Waals surface area contributed by atoms with Gasteiger partial charge in [-0.15, -0.1) is 0 Å². The van der Waals surface area contributed by atoms with Crippen molar-refractivity contribution in [3.8, 4) is 0 Å². The quantitative estimate of drug-likeness (QED) is 0.0262. The molecule has 0 rings (SSSR count). The lowest BCUT2D eigenvalue weighted by Crippen LogP contribution is -2.30. The van der Waals surface area contributed by atoms with E-state index in [2.05, 4.69) is 26.8 Å². The summed E-state index contributed by atoms with van der Waals surface area (Å²) in [5.41, 5.74) is 0. The van der Waals surface area contributed by atoms with Crippen LogP contribution in [0.15, 0.2) is 60.8 Å². The Morgan fingerprint density at radius 1 is 0.318 bits per heavy atom. The Labute approximate surface area is 409 Å². The van der Waals surface area contributed by atoms with Crippen molar-refractivity contribution in [1.29, 1.82) is 0 Å². The molecule has 0 saturated heterocycles. The minimum atomic E-state index is -0.799. The van der Waals surface area contributed by atoms with Gasteiger partial charge in [0.1, 0.15) is 13.2 Å². The van der Waals surface area contributed by atoms with Crippen LogP contribution in [0.25, 0.3) is 0 Å². The van der Waals surface area contributed by atoms with Gasteiger partial charge in [-0.2, -0.15) is 0 Å². The zero-order valence-electron chi connectivity index (χ0n) is 43.7. The molecule has 0 N–H and O–H groups in total. The Kier molecular flexibility index (Phi) is 52.3. The number of carbonyl (C=O) groups is 3. The van der Waals surface area contributed by atoms with Crippen LogP contribution >= 0.6 is 0 Å². The van der Waals surface area contributed by atoms with Gasteiger partial charge >= 0.3 is 17.9 Å². The monoisotopic (exact) mass is 923 g/mol. The van der Waals surface area contributed by atoms with Crippen molar-refractivity contribution < 1.29 is 28.6 Å². The van der Waals surface area contributed by atoms with Crippen molar-refractivity contribution in [2.24, 2.45) is 0 Å². The lowest BCUT2D eigenvalue weighted by molar-refractivity contribution is -0.167. The van der Waals surface area contributed by atoms with Crippen molar-refractivity contribution in [2.45, 2.75) is 290 Å². The fourth-order valence-electron chi connectivity index (χ4n) is 8.18. The van der Waals surface area contributed by atoms with Crippen LogP contribution in [0.1, 0.15) is 284 Å². The molecule has 0 aliphatic carbocycles. The number of rotatable bonds is 51. The first-order valence-electron chi connectivity index (χ1n) is 28.4. The number of carbonyl (C=O) groups excluding carboxylic acids is 3. The summed E-state index contributed by atoms with van der Waals surface area (Å²) in [7, 11) is 0. The summed E-state index contributed by atoms with van der Waals surface area (Å²) >= 11 is 0. The third-order valence-corrected chi connectivity index (χ3v) is 12.4. The van der Waals surface area contributed by atoms with Gasteiger partial charge in [-0.05, 0) is 32.1 Å². The standard InChI is InChI=1S/C60H106O6/c1-4-7-10-13-16-19-22-25-27-29-31-32-35-38-41-44-47-50-53-59(62)65-56-57(55-64-58(61)52-49-46-43-40-37-34-24-21-18-15-12-9-6-3)66-60(63)54-51-48-45-42-39-36-33-30-28-26-23-20-17-14-11-8-5-2/h9,12,15,18,21,24,34,37,40,43,57H,4-8,10-11,13-14,16-17,19-20,22-23,25-33,35-36,38-39,41-42,44-56H2,1-3H3/b12-9-,18-15-,24-21-,37-34-,43-40-. The molecule has 382 valence electrons. The topological polar surface area (TPSA) is 78.9 Å². The third-order valence-electron chi connectivity index (χ3n) is 12.4. The Hall–Kier alpha value is -2.89. The predicted octanol–water partition coefficient (Wildman–Crippen LogP) is 18.8. The molecule has 1 atom stereocenters. The van der Waals surface area contributed by atoms with Crippen LogP contribution in [-0.2, 0) is 28.6 Å². The average molecular weight is 924 g/mol. The van der Waals surface area contributed by atoms with Gasteiger partial charge in [-0.1, -0.05) is 293 Å². The Morgan fingerprint density at radius 2 is 0.591 bits per heavy atom. The van der Waals surface area contributed by atoms with E-state index >= 15 is 0 Å². The molecule has 0 saturated carbocycles. The van der Waals surface area contributed by atoms with Crippen LogP contribution < -0.4 is 0 Å². The Balaban J connectivity index is 4.39. The number of hydrogen-bond donors (Lipinski definition) is 0. The van der Waals surface area contributed by atoms with E-state index in [0.29, 0.717) is 19.3 Å². The highest BCUT2D eigenvalue weighted by molar-refractivity contribution is 5.71. The number of unbranched alkanes of at least 4 members (excludes halogenated alkanes) is 34. The van der Waals surface area contributed by atoms with Crippen LogP contribution in [0, 0.1) is 0 Å². The number of esters is 3. The van der Waals surface area contributed by atoms with Gasteiger partial charge in [0, 0.05) is 19.3 Å². The zero-order valence-corrected chi connectivity index (χ0v) is 43.7. The van der Waals surface area contributed by atoms with Crippen molar-refractivity contribution >= 4 is 17.9 Å². The molecule has 1 unspecified atom stereocenters. The molecule has 0 heterocycles. The second-order valence-corrected chi connectivity index (χ2v) is 19.0. The van der Waals surface area contributed by atoms with Crippen LogP contribution in [0.5, 0.6) is 0 Å². The van der Waals surface area contributed by atoms with Crippen LogP contribution in [0.2, 0.25) is 0 Å². The maximum Gasteiger partial charge on any atom is 0.306 e. The van der Waals surface area contributed by atoms with Crippen molar-refractivity contribution in [3.05, 3.63) is 60.8 Å². The molecule has 66 heavy (non-hydrogen) atoms. The van der Waals surface area contributed by atoms with Gasteiger partial charge in [0.15, 0.2) is 6.10 Å². The van der Waals surface area contributed by atoms with Gasteiger partial charge in [0.25, 0.3) is 0 Å². The fraction of sp³-hybridized carbons (Fsp3) is 0.783. The van der Waals surface area contributed by atoms with E-state index in [1.54, 1.807) is 0 Å².